The Hall–Kier alpha value is -3.25. The molecular weight excluding hydrogens is 540 g/mol. The number of carbonyl (C=O) groups excluding carboxylic acids is 1. The number of nitrogens with zero attached hydrogens (tertiary/aromatic N) is 2. The van der Waals surface area contributed by atoms with E-state index in [0.29, 0.717) is 55.9 Å². The van der Waals surface area contributed by atoms with Crippen LogP contribution in [-0.4, -0.2) is 57.1 Å². The highest BCUT2D eigenvalue weighted by atomic mass is 35.5. The number of nitrogens with one attached hydrogen (secondary N) is 4. The molecular formula is C27H33ClN6O4S. The van der Waals surface area contributed by atoms with Crippen LogP contribution in [0.2, 0.25) is 5.28 Å². The molecule has 0 spiro atoms. The van der Waals surface area contributed by atoms with Crippen molar-refractivity contribution in [3.63, 3.8) is 0 Å². The zero-order valence-electron chi connectivity index (χ0n) is 21.7. The highest BCUT2D eigenvalue weighted by molar-refractivity contribution is 7.87. The number of halogens is 1. The molecule has 3 aromatic rings. The van der Waals surface area contributed by atoms with Crippen LogP contribution in [-0.2, 0) is 15.6 Å². The minimum atomic E-state index is -3.70. The molecule has 12 heteroatoms. The van der Waals surface area contributed by atoms with Gasteiger partial charge in [0, 0.05) is 37.3 Å². The van der Waals surface area contributed by atoms with E-state index < -0.39 is 10.2 Å². The molecule has 0 saturated heterocycles. The average Bonchev–Trinajstić information content (AvgIpc) is 2.95. The summed E-state index contributed by atoms with van der Waals surface area (Å²) in [6.45, 7) is 0.943. The fraction of sp³-hybridized carbons (Fsp3) is 0.370. The van der Waals surface area contributed by atoms with Crippen LogP contribution in [0.25, 0.3) is 0 Å². The Morgan fingerprint density at radius 1 is 1.05 bits per heavy atom. The van der Waals surface area contributed by atoms with Gasteiger partial charge in [-0.05, 0) is 61.0 Å². The van der Waals surface area contributed by atoms with Gasteiger partial charge in [-0.15, -0.1) is 0 Å². The molecule has 0 aliphatic heterocycles. The van der Waals surface area contributed by atoms with Crippen molar-refractivity contribution in [2.75, 3.05) is 32.1 Å². The number of rotatable bonds is 12. The van der Waals surface area contributed by atoms with Crippen LogP contribution in [0.3, 0.4) is 0 Å². The lowest BCUT2D eigenvalue weighted by atomic mass is 9.68. The van der Waals surface area contributed by atoms with Gasteiger partial charge in [-0.25, -0.2) is 14.7 Å². The second-order valence-electron chi connectivity index (χ2n) is 9.46. The van der Waals surface area contributed by atoms with Crippen molar-refractivity contribution >= 4 is 33.5 Å². The molecule has 1 saturated carbocycles. The molecule has 2 aromatic carbocycles. The van der Waals surface area contributed by atoms with Gasteiger partial charge in [-0.1, -0.05) is 42.5 Å². The Bertz CT molecular complexity index is 1350. The summed E-state index contributed by atoms with van der Waals surface area (Å²) in [4.78, 5) is 20.8. The van der Waals surface area contributed by atoms with Gasteiger partial charge in [0.15, 0.2) is 0 Å². The fourth-order valence-electron chi connectivity index (χ4n) is 4.89. The maximum Gasteiger partial charge on any atom is 0.277 e. The van der Waals surface area contributed by atoms with Crippen molar-refractivity contribution in [3.8, 4) is 5.75 Å². The average molecular weight is 573 g/mol. The largest absolute Gasteiger partial charge is 0.496 e. The van der Waals surface area contributed by atoms with Gasteiger partial charge in [0.25, 0.3) is 16.1 Å². The Morgan fingerprint density at radius 3 is 2.49 bits per heavy atom. The summed E-state index contributed by atoms with van der Waals surface area (Å²) in [7, 11) is -2.16. The molecule has 0 atom stereocenters. The van der Waals surface area contributed by atoms with Gasteiger partial charge in [0.05, 0.1) is 12.7 Å². The standard InChI is InChI=1S/C27H33ClN6O4S/c1-38-23-10-6-5-9-22(23)25(35)31-19-27(20-7-3-2-4-8-20)14-11-21(12-15-27)34-39(36,37)32-18-17-29-24-13-16-30-26(28)33-24/h2-10,13,16,21,32,34H,11-12,14-15,17-19H2,1H3,(H,31,35)(H,29,30,33)/t21-,27-. The Labute approximate surface area is 234 Å². The summed E-state index contributed by atoms with van der Waals surface area (Å²) in [6, 6.07) is 18.6. The second-order valence-corrected chi connectivity index (χ2v) is 11.3. The molecule has 4 rings (SSSR count). The first-order valence-corrected chi connectivity index (χ1v) is 14.6. The van der Waals surface area contributed by atoms with Crippen LogP contribution in [0.1, 0.15) is 41.6 Å². The molecule has 208 valence electrons. The van der Waals surface area contributed by atoms with Crippen molar-refractivity contribution in [2.24, 2.45) is 0 Å². The highest BCUT2D eigenvalue weighted by Crippen LogP contribution is 2.39. The summed E-state index contributed by atoms with van der Waals surface area (Å²) in [6.07, 6.45) is 4.22. The third kappa shape index (κ3) is 7.89. The lowest BCUT2D eigenvalue weighted by Crippen LogP contribution is -2.49. The Morgan fingerprint density at radius 2 is 1.77 bits per heavy atom. The van der Waals surface area contributed by atoms with E-state index in [1.54, 1.807) is 31.4 Å². The lowest BCUT2D eigenvalue weighted by molar-refractivity contribution is 0.0932. The molecule has 1 aliphatic carbocycles. The molecule has 1 aromatic heterocycles. The summed E-state index contributed by atoms with van der Waals surface area (Å²) < 4.78 is 36.0. The number of para-hydroxylation sites is 1. The third-order valence-corrected chi connectivity index (χ3v) is 8.35. The Kier molecular flexibility index (Phi) is 9.73. The molecule has 1 amide bonds. The van der Waals surface area contributed by atoms with E-state index in [0.717, 1.165) is 5.56 Å². The molecule has 39 heavy (non-hydrogen) atoms. The molecule has 10 nitrogen and oxygen atoms in total. The van der Waals surface area contributed by atoms with Gasteiger partial charge in [0.1, 0.15) is 11.6 Å². The smallest absolute Gasteiger partial charge is 0.277 e. The van der Waals surface area contributed by atoms with E-state index in [9.17, 15) is 13.2 Å². The molecule has 0 unspecified atom stereocenters. The highest BCUT2D eigenvalue weighted by Gasteiger charge is 2.38. The van der Waals surface area contributed by atoms with Gasteiger partial charge in [0.2, 0.25) is 5.28 Å². The summed E-state index contributed by atoms with van der Waals surface area (Å²) in [5.74, 6) is 0.836. The number of ether oxygens (including phenoxy) is 1. The van der Waals surface area contributed by atoms with Crippen LogP contribution < -0.4 is 24.8 Å². The minimum Gasteiger partial charge on any atom is -0.496 e. The van der Waals surface area contributed by atoms with Crippen LogP contribution in [0.5, 0.6) is 5.75 Å². The summed E-state index contributed by atoms with van der Waals surface area (Å²) in [5, 5.41) is 6.22. The first kappa shape index (κ1) is 28.8. The van der Waals surface area contributed by atoms with Crippen LogP contribution in [0, 0.1) is 0 Å². The number of hydrogen-bond donors (Lipinski definition) is 4. The fourth-order valence-corrected chi connectivity index (χ4v) is 6.17. The molecule has 4 N–H and O–H groups in total. The predicted octanol–water partition coefficient (Wildman–Crippen LogP) is 3.29. The van der Waals surface area contributed by atoms with Crippen LogP contribution in [0.4, 0.5) is 5.82 Å². The molecule has 0 radical (unpaired) electrons. The number of aromatic nitrogens is 2. The van der Waals surface area contributed by atoms with E-state index in [4.69, 9.17) is 16.3 Å². The topological polar surface area (TPSA) is 134 Å². The summed E-state index contributed by atoms with van der Waals surface area (Å²) in [5.41, 5.74) is 1.30. The van der Waals surface area contributed by atoms with Crippen molar-refractivity contribution in [1.82, 2.24) is 24.7 Å². The number of hydrogen-bond acceptors (Lipinski definition) is 7. The van der Waals surface area contributed by atoms with E-state index in [2.05, 4.69) is 42.2 Å². The second kappa shape index (κ2) is 13.2. The Balaban J connectivity index is 1.33. The normalized spacial score (nSPS) is 19.3. The van der Waals surface area contributed by atoms with Crippen LogP contribution >= 0.6 is 11.6 Å². The maximum absolute atomic E-state index is 13.0. The van der Waals surface area contributed by atoms with Crippen molar-refractivity contribution in [3.05, 3.63) is 83.3 Å². The van der Waals surface area contributed by atoms with E-state index >= 15 is 0 Å². The number of methoxy groups -OCH3 is 1. The van der Waals surface area contributed by atoms with Crippen molar-refractivity contribution in [2.45, 2.75) is 37.1 Å². The zero-order valence-corrected chi connectivity index (χ0v) is 23.3. The molecule has 1 fully saturated rings. The number of carbonyl (C=O) groups is 1. The molecule has 1 aliphatic rings. The van der Waals surface area contributed by atoms with E-state index in [1.165, 1.54) is 6.20 Å². The molecule has 1 heterocycles. The van der Waals surface area contributed by atoms with E-state index in [1.807, 2.05) is 24.3 Å². The van der Waals surface area contributed by atoms with Gasteiger partial charge < -0.3 is 15.4 Å². The van der Waals surface area contributed by atoms with Gasteiger partial charge in [-0.2, -0.15) is 13.1 Å². The zero-order chi connectivity index (χ0) is 27.7. The molecule has 0 bridgehead atoms. The van der Waals surface area contributed by atoms with Crippen molar-refractivity contribution < 1.29 is 17.9 Å². The number of benzene rings is 2. The predicted molar refractivity (Wildman–Crippen MR) is 151 cm³/mol. The summed E-state index contributed by atoms with van der Waals surface area (Å²) >= 11 is 5.76. The first-order valence-electron chi connectivity index (χ1n) is 12.8. The minimum absolute atomic E-state index is 0.116. The maximum atomic E-state index is 13.0. The van der Waals surface area contributed by atoms with Crippen molar-refractivity contribution in [1.29, 1.82) is 0 Å². The first-order chi connectivity index (χ1) is 18.8. The monoisotopic (exact) mass is 572 g/mol. The number of anilines is 1. The van der Waals surface area contributed by atoms with Gasteiger partial charge in [-0.3, -0.25) is 4.79 Å². The number of amides is 1. The quantitative estimate of drug-likeness (QED) is 0.193. The van der Waals surface area contributed by atoms with Gasteiger partial charge >= 0.3 is 0 Å². The van der Waals surface area contributed by atoms with Crippen LogP contribution in [0.15, 0.2) is 66.9 Å². The lowest BCUT2D eigenvalue weighted by Gasteiger charge is -2.41. The SMILES string of the molecule is COc1ccccc1C(=O)NC[C@]1(c2ccccc2)CC[C@H](NS(=O)(=O)NCCNc2ccnc(Cl)n2)CC1. The van der Waals surface area contributed by atoms with E-state index in [-0.39, 0.29) is 29.2 Å². The third-order valence-electron chi connectivity index (χ3n) is 6.94.